The number of thiocarbonyl (C=S) groups is 1. The minimum absolute atomic E-state index is 0.435. The van der Waals surface area contributed by atoms with E-state index in [9.17, 15) is 0 Å². The van der Waals surface area contributed by atoms with Crippen molar-refractivity contribution in [2.24, 2.45) is 5.10 Å². The second-order valence-electron chi connectivity index (χ2n) is 5.05. The lowest BCUT2D eigenvalue weighted by Crippen LogP contribution is -2.31. The molecule has 0 spiro atoms. The number of methoxy groups -OCH3 is 1. The number of benzene rings is 2. The maximum Gasteiger partial charge on any atom is 0.187 e. The van der Waals surface area contributed by atoms with Gasteiger partial charge in [0.25, 0.3) is 0 Å². The predicted octanol–water partition coefficient (Wildman–Crippen LogP) is 3.26. The number of nitrogens with zero attached hydrogens (tertiary/aromatic N) is 1. The van der Waals surface area contributed by atoms with Crippen LogP contribution in [0.5, 0.6) is 11.5 Å². The van der Waals surface area contributed by atoms with Crippen LogP contribution >= 0.6 is 12.2 Å². The molecule has 2 aromatic carbocycles. The molecule has 0 saturated heterocycles. The van der Waals surface area contributed by atoms with Crippen LogP contribution in [0.15, 0.2) is 66.3 Å². The van der Waals surface area contributed by atoms with Crippen molar-refractivity contribution in [3.8, 4) is 11.5 Å². The van der Waals surface area contributed by atoms with Crippen LogP contribution in [0.2, 0.25) is 0 Å². The molecule has 0 heterocycles. The van der Waals surface area contributed by atoms with Gasteiger partial charge in [0.15, 0.2) is 16.6 Å². The second kappa shape index (κ2) is 10.1. The van der Waals surface area contributed by atoms with Crippen molar-refractivity contribution in [1.29, 1.82) is 0 Å². The highest BCUT2D eigenvalue weighted by Crippen LogP contribution is 2.28. The molecule has 0 fully saturated rings. The van der Waals surface area contributed by atoms with Gasteiger partial charge in [-0.25, -0.2) is 0 Å². The number of ether oxygens (including phenoxy) is 2. The molecule has 0 aliphatic carbocycles. The van der Waals surface area contributed by atoms with E-state index in [4.69, 9.17) is 21.7 Å². The molecule has 0 saturated carbocycles. The van der Waals surface area contributed by atoms with E-state index in [-0.39, 0.29) is 0 Å². The average molecular weight is 355 g/mol. The third-order valence-electron chi connectivity index (χ3n) is 3.21. The van der Waals surface area contributed by atoms with E-state index >= 15 is 0 Å². The van der Waals surface area contributed by atoms with Gasteiger partial charge in [-0.15, -0.1) is 6.58 Å². The van der Waals surface area contributed by atoms with Crippen LogP contribution in [0.1, 0.15) is 11.1 Å². The Balaban J connectivity index is 2.00. The molecule has 130 valence electrons. The van der Waals surface area contributed by atoms with Gasteiger partial charge >= 0.3 is 0 Å². The number of nitrogens with one attached hydrogen (secondary N) is 2. The van der Waals surface area contributed by atoms with E-state index < -0.39 is 0 Å². The summed E-state index contributed by atoms with van der Waals surface area (Å²) in [5, 5.41) is 7.47. The standard InChI is InChI=1S/C19H21N3O2S/c1-3-11-20-19(25)22-21-13-16-9-10-17(23-2)18(12-16)24-14-15-7-5-4-6-8-15/h3-10,12-13H,1,11,14H2,2H3,(H2,20,22,25). The number of rotatable bonds is 8. The summed E-state index contributed by atoms with van der Waals surface area (Å²) >= 11 is 5.07. The molecule has 25 heavy (non-hydrogen) atoms. The van der Waals surface area contributed by atoms with Crippen molar-refractivity contribution in [1.82, 2.24) is 10.7 Å². The van der Waals surface area contributed by atoms with Gasteiger partial charge in [-0.3, -0.25) is 5.43 Å². The Hall–Kier alpha value is -2.86. The Kier molecular flexibility index (Phi) is 7.46. The van der Waals surface area contributed by atoms with Gasteiger partial charge < -0.3 is 14.8 Å². The van der Waals surface area contributed by atoms with Crippen LogP contribution < -0.4 is 20.2 Å². The summed E-state index contributed by atoms with van der Waals surface area (Å²) in [4.78, 5) is 0. The van der Waals surface area contributed by atoms with Gasteiger partial charge in [-0.1, -0.05) is 36.4 Å². The van der Waals surface area contributed by atoms with E-state index in [0.717, 1.165) is 11.1 Å². The van der Waals surface area contributed by atoms with Gasteiger partial charge in [0, 0.05) is 6.54 Å². The van der Waals surface area contributed by atoms with Crippen molar-refractivity contribution in [3.63, 3.8) is 0 Å². The largest absolute Gasteiger partial charge is 0.493 e. The lowest BCUT2D eigenvalue weighted by molar-refractivity contribution is 0.284. The highest BCUT2D eigenvalue weighted by molar-refractivity contribution is 7.80. The van der Waals surface area contributed by atoms with Gasteiger partial charge in [0.2, 0.25) is 0 Å². The Bertz CT molecular complexity index is 733. The molecular formula is C19H21N3O2S. The molecule has 0 unspecified atom stereocenters. The Labute approximate surface area is 153 Å². The zero-order valence-corrected chi connectivity index (χ0v) is 14.9. The van der Waals surface area contributed by atoms with Crippen LogP contribution in [0.25, 0.3) is 0 Å². The average Bonchev–Trinajstić information content (AvgIpc) is 2.65. The minimum atomic E-state index is 0.435. The molecule has 0 aliphatic heterocycles. The molecule has 2 N–H and O–H groups in total. The molecule has 0 radical (unpaired) electrons. The van der Waals surface area contributed by atoms with Crippen LogP contribution in [0.4, 0.5) is 0 Å². The van der Waals surface area contributed by atoms with E-state index in [1.165, 1.54) is 0 Å². The summed E-state index contributed by atoms with van der Waals surface area (Å²) in [7, 11) is 1.61. The van der Waals surface area contributed by atoms with Gasteiger partial charge in [0.1, 0.15) is 6.61 Å². The smallest absolute Gasteiger partial charge is 0.187 e. The zero-order valence-electron chi connectivity index (χ0n) is 14.1. The lowest BCUT2D eigenvalue weighted by Gasteiger charge is -2.11. The number of hydrogen-bond donors (Lipinski definition) is 2. The molecule has 0 aromatic heterocycles. The summed E-state index contributed by atoms with van der Waals surface area (Å²) in [6, 6.07) is 15.6. The molecular weight excluding hydrogens is 334 g/mol. The van der Waals surface area contributed by atoms with Crippen molar-refractivity contribution >= 4 is 23.5 Å². The van der Waals surface area contributed by atoms with Crippen LogP contribution in [0.3, 0.4) is 0 Å². The molecule has 0 bridgehead atoms. The molecule has 0 aliphatic rings. The fourth-order valence-corrected chi connectivity index (χ4v) is 2.13. The van der Waals surface area contributed by atoms with E-state index in [1.54, 1.807) is 19.4 Å². The van der Waals surface area contributed by atoms with Crippen molar-refractivity contribution in [2.75, 3.05) is 13.7 Å². The summed E-state index contributed by atoms with van der Waals surface area (Å²) in [6.45, 7) is 4.66. The predicted molar refractivity (Wildman–Crippen MR) is 105 cm³/mol. The van der Waals surface area contributed by atoms with Crippen molar-refractivity contribution in [3.05, 3.63) is 72.3 Å². The molecule has 0 amide bonds. The minimum Gasteiger partial charge on any atom is -0.493 e. The monoisotopic (exact) mass is 355 g/mol. The first kappa shape index (κ1) is 18.5. The summed E-state index contributed by atoms with van der Waals surface area (Å²) in [5.74, 6) is 1.33. The van der Waals surface area contributed by atoms with Crippen LogP contribution in [0, 0.1) is 0 Å². The lowest BCUT2D eigenvalue weighted by atomic mass is 10.2. The highest BCUT2D eigenvalue weighted by atomic mass is 32.1. The third-order valence-corrected chi connectivity index (χ3v) is 3.45. The fraction of sp³-hybridized carbons (Fsp3) is 0.158. The Morgan fingerprint density at radius 3 is 2.72 bits per heavy atom. The normalized spacial score (nSPS) is 10.3. The first-order valence-corrected chi connectivity index (χ1v) is 8.16. The van der Waals surface area contributed by atoms with Crippen LogP contribution in [-0.4, -0.2) is 25.0 Å². The molecule has 2 rings (SSSR count). The van der Waals surface area contributed by atoms with Gasteiger partial charge in [-0.05, 0) is 41.5 Å². The quantitative estimate of drug-likeness (QED) is 0.329. The first-order chi connectivity index (χ1) is 12.2. The Morgan fingerprint density at radius 1 is 1.20 bits per heavy atom. The van der Waals surface area contributed by atoms with Crippen molar-refractivity contribution < 1.29 is 9.47 Å². The van der Waals surface area contributed by atoms with E-state index in [2.05, 4.69) is 22.4 Å². The second-order valence-corrected chi connectivity index (χ2v) is 5.46. The molecule has 2 aromatic rings. The topological polar surface area (TPSA) is 54.9 Å². The summed E-state index contributed by atoms with van der Waals surface area (Å²) in [6.07, 6.45) is 3.38. The molecule has 6 heteroatoms. The molecule has 5 nitrogen and oxygen atoms in total. The van der Waals surface area contributed by atoms with Crippen molar-refractivity contribution in [2.45, 2.75) is 6.61 Å². The fourth-order valence-electron chi connectivity index (χ4n) is 1.99. The SMILES string of the molecule is C=CCNC(=S)NN=Cc1ccc(OC)c(OCc2ccccc2)c1. The van der Waals surface area contributed by atoms with Gasteiger partial charge in [-0.2, -0.15) is 5.10 Å². The number of hydrogen-bond acceptors (Lipinski definition) is 4. The van der Waals surface area contributed by atoms with Crippen LogP contribution in [-0.2, 0) is 6.61 Å². The third kappa shape index (κ3) is 6.27. The first-order valence-electron chi connectivity index (χ1n) is 7.75. The maximum atomic E-state index is 5.88. The van der Waals surface area contributed by atoms with E-state index in [0.29, 0.717) is 29.8 Å². The summed E-state index contributed by atoms with van der Waals surface area (Å²) < 4.78 is 11.2. The molecule has 0 atom stereocenters. The maximum absolute atomic E-state index is 5.88. The van der Waals surface area contributed by atoms with E-state index in [1.807, 2.05) is 48.5 Å². The van der Waals surface area contributed by atoms with Gasteiger partial charge in [0.05, 0.1) is 13.3 Å². The number of hydrazone groups is 1. The Morgan fingerprint density at radius 2 is 2.00 bits per heavy atom. The summed E-state index contributed by atoms with van der Waals surface area (Å²) in [5.41, 5.74) is 4.69. The highest BCUT2D eigenvalue weighted by Gasteiger charge is 2.05. The zero-order chi connectivity index (χ0) is 17.9.